The number of ether oxygens (including phenoxy) is 1. The highest BCUT2D eigenvalue weighted by atomic mass is 28.4. The molecule has 1 saturated carbocycles. The minimum absolute atomic E-state index is 0.0320. The summed E-state index contributed by atoms with van der Waals surface area (Å²) >= 11 is 0. The van der Waals surface area contributed by atoms with Gasteiger partial charge in [-0.1, -0.05) is 98.6 Å². The van der Waals surface area contributed by atoms with Gasteiger partial charge in [0.05, 0.1) is 31.5 Å². The van der Waals surface area contributed by atoms with Crippen molar-refractivity contribution < 1.29 is 18.7 Å². The zero-order valence-electron chi connectivity index (χ0n) is 32.3. The van der Waals surface area contributed by atoms with Gasteiger partial charge in [-0.15, -0.1) is 0 Å². The second-order valence-corrected chi connectivity index (χ2v) is 27.5. The van der Waals surface area contributed by atoms with E-state index in [0.717, 1.165) is 51.7 Å². The summed E-state index contributed by atoms with van der Waals surface area (Å²) < 4.78 is 19.8. The molecule has 0 aromatic carbocycles. The fraction of sp³-hybridized carbons (Fsp3) is 0.846. The van der Waals surface area contributed by atoms with E-state index in [1.165, 1.54) is 16.7 Å². The molecule has 45 heavy (non-hydrogen) atoms. The first kappa shape index (κ1) is 40.7. The Hall–Kier alpha value is -0.506. The van der Waals surface area contributed by atoms with Crippen LogP contribution in [0.15, 0.2) is 34.9 Å². The molecule has 0 aromatic heterocycles. The molecular weight excluding hydrogens is 589 g/mol. The molecule has 1 N–H and O–H groups in total. The van der Waals surface area contributed by atoms with E-state index in [0.29, 0.717) is 34.4 Å². The Labute approximate surface area is 282 Å². The molecule has 6 atom stereocenters. The van der Waals surface area contributed by atoms with Gasteiger partial charge in [0.15, 0.2) is 8.32 Å². The summed E-state index contributed by atoms with van der Waals surface area (Å²) in [5.41, 5.74) is 5.93. The molecule has 0 spiro atoms. The van der Waals surface area contributed by atoms with E-state index < -0.39 is 16.6 Å². The number of aliphatic hydroxyl groups excluding tert-OH is 1. The minimum Gasteiger partial charge on any atom is -0.413 e. The number of aliphatic hydroxyl groups is 1. The van der Waals surface area contributed by atoms with Gasteiger partial charge < -0.3 is 18.7 Å². The topological polar surface area (TPSA) is 47.9 Å². The van der Waals surface area contributed by atoms with Crippen LogP contribution in [0.5, 0.6) is 0 Å². The molecule has 0 amide bonds. The highest BCUT2D eigenvalue weighted by molar-refractivity contribution is 6.77. The summed E-state index contributed by atoms with van der Waals surface area (Å²) in [7, 11) is -3.75. The van der Waals surface area contributed by atoms with Crippen LogP contribution in [0.3, 0.4) is 0 Å². The third-order valence-corrected chi connectivity index (χ3v) is 22.5. The molecule has 0 bridgehead atoms. The van der Waals surface area contributed by atoms with Crippen molar-refractivity contribution in [2.45, 2.75) is 182 Å². The molecule has 2 aliphatic rings. The van der Waals surface area contributed by atoms with Crippen molar-refractivity contribution in [2.75, 3.05) is 13.2 Å². The minimum atomic E-state index is -2.04. The molecule has 6 heteroatoms. The smallest absolute Gasteiger partial charge is 0.201 e. The van der Waals surface area contributed by atoms with Gasteiger partial charge in [-0.2, -0.15) is 0 Å². The van der Waals surface area contributed by atoms with Crippen molar-refractivity contribution in [1.82, 2.24) is 0 Å². The van der Waals surface area contributed by atoms with Gasteiger partial charge in [-0.05, 0) is 117 Å². The molecule has 2 fully saturated rings. The number of hydrogen-bond acceptors (Lipinski definition) is 4. The van der Waals surface area contributed by atoms with Crippen molar-refractivity contribution in [1.29, 1.82) is 0 Å². The SMILES string of the molecule is C/C(=C\CO[Si](C)(C)C(C)(C)C)CC/C=C(\C)CC[C@H](O[Si](C(C)C)(C(C)C)C(C)C)/C(C)=C/C[C@H]1C[C@H](O)[C@@H]2OC[C@@H](C)[C@H]12. The Balaban J connectivity index is 2.12. The molecule has 0 unspecified atom stereocenters. The second-order valence-electron chi connectivity index (χ2n) is 17.3. The maximum Gasteiger partial charge on any atom is 0.201 e. The first-order valence-corrected chi connectivity index (χ1v) is 23.4. The molecule has 1 aliphatic carbocycles. The predicted molar refractivity (Wildman–Crippen MR) is 200 cm³/mol. The summed E-state index contributed by atoms with van der Waals surface area (Å²) in [5.74, 6) is 1.49. The Kier molecular flexibility index (Phi) is 15.6. The first-order valence-electron chi connectivity index (χ1n) is 18.3. The van der Waals surface area contributed by atoms with Crippen molar-refractivity contribution in [3.8, 4) is 0 Å². The Morgan fingerprint density at radius 3 is 2.04 bits per heavy atom. The zero-order valence-corrected chi connectivity index (χ0v) is 34.3. The van der Waals surface area contributed by atoms with Crippen molar-refractivity contribution in [3.05, 3.63) is 34.9 Å². The van der Waals surface area contributed by atoms with Crippen LogP contribution in [0.1, 0.15) is 129 Å². The quantitative estimate of drug-likeness (QED) is 0.124. The van der Waals surface area contributed by atoms with Crippen LogP contribution in [0, 0.1) is 17.8 Å². The largest absolute Gasteiger partial charge is 0.413 e. The lowest BCUT2D eigenvalue weighted by Crippen LogP contribution is -2.50. The van der Waals surface area contributed by atoms with Crippen molar-refractivity contribution in [3.63, 3.8) is 0 Å². The molecule has 0 radical (unpaired) electrons. The van der Waals surface area contributed by atoms with Gasteiger partial charge in [0, 0.05) is 0 Å². The highest BCUT2D eigenvalue weighted by Gasteiger charge is 2.49. The molecule has 4 nitrogen and oxygen atoms in total. The lowest BCUT2D eigenvalue weighted by molar-refractivity contribution is 0.00630. The van der Waals surface area contributed by atoms with E-state index in [4.69, 9.17) is 13.6 Å². The van der Waals surface area contributed by atoms with Gasteiger partial charge in [0.2, 0.25) is 8.32 Å². The maximum absolute atomic E-state index is 10.7. The van der Waals surface area contributed by atoms with E-state index >= 15 is 0 Å². The summed E-state index contributed by atoms with van der Waals surface area (Å²) in [6.07, 6.45) is 13.2. The van der Waals surface area contributed by atoms with Crippen LogP contribution in [-0.2, 0) is 13.6 Å². The lowest BCUT2D eigenvalue weighted by Gasteiger charge is -2.45. The van der Waals surface area contributed by atoms with E-state index in [9.17, 15) is 5.11 Å². The van der Waals surface area contributed by atoms with Crippen molar-refractivity contribution in [2.24, 2.45) is 17.8 Å². The van der Waals surface area contributed by atoms with E-state index in [-0.39, 0.29) is 23.4 Å². The third-order valence-electron chi connectivity index (χ3n) is 11.9. The third kappa shape index (κ3) is 10.7. The number of hydrogen-bond donors (Lipinski definition) is 1. The Bertz CT molecular complexity index is 981. The molecule has 1 aliphatic heterocycles. The van der Waals surface area contributed by atoms with E-state index in [1.54, 1.807) is 0 Å². The van der Waals surface area contributed by atoms with E-state index in [1.807, 2.05) is 0 Å². The molecule has 2 rings (SSSR count). The summed E-state index contributed by atoms with van der Waals surface area (Å²) in [4.78, 5) is 0. The molecule has 1 saturated heterocycles. The van der Waals surface area contributed by atoms with Gasteiger partial charge in [0.1, 0.15) is 0 Å². The van der Waals surface area contributed by atoms with Crippen LogP contribution in [0.25, 0.3) is 0 Å². The van der Waals surface area contributed by atoms with Gasteiger partial charge in [-0.25, -0.2) is 0 Å². The number of rotatable bonds is 17. The maximum atomic E-state index is 10.7. The Morgan fingerprint density at radius 2 is 1.49 bits per heavy atom. The number of allylic oxidation sites excluding steroid dienone is 4. The summed E-state index contributed by atoms with van der Waals surface area (Å²) in [6, 6.07) is 0. The standard InChI is InChI=1S/C39H74O4Si2/c1-27(2)45(28(3)4,29(5)6)43-36(32(9)20-21-34-25-35(40)38-37(34)33(10)26-41-38)22-19-30(7)17-16-18-31(8)23-24-42-44(14,15)39(11,12)13/h17,20,23,27-29,33-38,40H,16,18-19,21-22,24-26H2,1-15H3/b30-17+,31-23+,32-20+/t33-,34+,35+,36+,37-,38+/m1/s1. The van der Waals surface area contributed by atoms with Gasteiger partial charge in [-0.3, -0.25) is 0 Å². The fourth-order valence-electron chi connectivity index (χ4n) is 7.98. The van der Waals surface area contributed by atoms with E-state index in [2.05, 4.69) is 121 Å². The average molecular weight is 663 g/mol. The molecule has 1 heterocycles. The predicted octanol–water partition coefficient (Wildman–Crippen LogP) is 11.4. The molecule has 0 aromatic rings. The average Bonchev–Trinajstić information content (AvgIpc) is 3.45. The lowest BCUT2D eigenvalue weighted by atomic mass is 9.83. The van der Waals surface area contributed by atoms with Crippen LogP contribution < -0.4 is 0 Å². The fourth-order valence-corrected chi connectivity index (χ4v) is 14.5. The van der Waals surface area contributed by atoms with Gasteiger partial charge in [0.25, 0.3) is 0 Å². The monoisotopic (exact) mass is 663 g/mol. The Morgan fingerprint density at radius 1 is 0.911 bits per heavy atom. The van der Waals surface area contributed by atoms with Crippen LogP contribution in [0.4, 0.5) is 0 Å². The summed E-state index contributed by atoms with van der Waals surface area (Å²) in [5, 5.41) is 10.9. The number of fused-ring (bicyclic) bond motifs is 1. The first-order chi connectivity index (χ1) is 20.7. The highest BCUT2D eigenvalue weighted by Crippen LogP contribution is 2.47. The molecule has 262 valence electrons. The molecular formula is C39H74O4Si2. The zero-order chi connectivity index (χ0) is 34.3. The van der Waals surface area contributed by atoms with Crippen LogP contribution >= 0.6 is 0 Å². The van der Waals surface area contributed by atoms with Crippen molar-refractivity contribution >= 4 is 16.6 Å². The van der Waals surface area contributed by atoms with Gasteiger partial charge >= 0.3 is 0 Å². The normalized spacial score (nSPS) is 26.5. The van der Waals surface area contributed by atoms with Crippen LogP contribution in [0.2, 0.25) is 34.8 Å². The second kappa shape index (κ2) is 17.2. The summed E-state index contributed by atoms with van der Waals surface area (Å²) in [6.45, 7) is 36.6. The van der Waals surface area contributed by atoms with Crippen LogP contribution in [-0.4, -0.2) is 53.3 Å².